The van der Waals surface area contributed by atoms with Crippen molar-refractivity contribution in [3.05, 3.63) is 35.9 Å². The molecule has 2 rings (SSSR count). The highest BCUT2D eigenvalue weighted by molar-refractivity contribution is 7.89. The zero-order valence-corrected chi connectivity index (χ0v) is 14.3. The van der Waals surface area contributed by atoms with Gasteiger partial charge in [-0.05, 0) is 25.3 Å². The lowest BCUT2D eigenvalue weighted by atomic mass is 9.97. The van der Waals surface area contributed by atoms with Gasteiger partial charge in [-0.25, -0.2) is 17.5 Å². The van der Waals surface area contributed by atoms with E-state index in [9.17, 15) is 23.1 Å². The maximum Gasteiger partial charge on any atom is 0.330 e. The van der Waals surface area contributed by atoms with E-state index in [1.165, 1.54) is 4.31 Å². The first-order valence-corrected chi connectivity index (χ1v) is 9.52. The Morgan fingerprint density at radius 1 is 1.33 bits per heavy atom. The molecule has 1 amide bonds. The molecule has 0 saturated carbocycles. The Bertz CT molecular complexity index is 690. The molecule has 0 bridgehead atoms. The fourth-order valence-electron chi connectivity index (χ4n) is 2.78. The van der Waals surface area contributed by atoms with Crippen LogP contribution in [0.5, 0.6) is 0 Å². The van der Waals surface area contributed by atoms with Crippen LogP contribution in [0.25, 0.3) is 0 Å². The molecular weight excluding hydrogens is 332 g/mol. The van der Waals surface area contributed by atoms with Crippen molar-refractivity contribution in [3.8, 4) is 0 Å². The van der Waals surface area contributed by atoms with Crippen molar-refractivity contribution in [1.82, 2.24) is 9.62 Å². The van der Waals surface area contributed by atoms with E-state index in [1.54, 1.807) is 37.3 Å². The molecule has 1 aromatic rings. The van der Waals surface area contributed by atoms with E-state index in [1.807, 2.05) is 0 Å². The van der Waals surface area contributed by atoms with Crippen LogP contribution in [0.4, 0.5) is 0 Å². The molecule has 2 N–H and O–H groups in total. The first-order chi connectivity index (χ1) is 11.3. The van der Waals surface area contributed by atoms with E-state index in [0.717, 1.165) is 0 Å². The highest BCUT2D eigenvalue weighted by atomic mass is 32.2. The van der Waals surface area contributed by atoms with Crippen molar-refractivity contribution in [2.75, 3.05) is 18.8 Å². The Hall–Kier alpha value is -1.93. The van der Waals surface area contributed by atoms with E-state index in [-0.39, 0.29) is 12.3 Å². The molecule has 132 valence electrons. The number of nitrogens with one attached hydrogen (secondary N) is 1. The van der Waals surface area contributed by atoms with Crippen LogP contribution in [0.3, 0.4) is 0 Å². The van der Waals surface area contributed by atoms with Gasteiger partial charge in [0, 0.05) is 13.1 Å². The van der Waals surface area contributed by atoms with Gasteiger partial charge in [-0.15, -0.1) is 0 Å². The van der Waals surface area contributed by atoms with E-state index in [2.05, 4.69) is 5.32 Å². The molecule has 0 spiro atoms. The number of aliphatic carboxylic acids is 1. The number of hydrogen-bond acceptors (Lipinski definition) is 4. The molecule has 7 nitrogen and oxygen atoms in total. The number of carboxylic acids is 1. The Labute approximate surface area is 141 Å². The maximum absolute atomic E-state index is 12.5. The number of carbonyl (C=O) groups is 2. The van der Waals surface area contributed by atoms with Gasteiger partial charge in [0.2, 0.25) is 15.9 Å². The van der Waals surface area contributed by atoms with Crippen LogP contribution >= 0.6 is 0 Å². The monoisotopic (exact) mass is 354 g/mol. The predicted octanol–water partition coefficient (Wildman–Crippen LogP) is 0.990. The summed E-state index contributed by atoms with van der Waals surface area (Å²) in [4.78, 5) is 23.9. The molecule has 1 fully saturated rings. The molecule has 1 unspecified atom stereocenters. The smallest absolute Gasteiger partial charge is 0.330 e. The van der Waals surface area contributed by atoms with Crippen LogP contribution in [0.15, 0.2) is 30.3 Å². The van der Waals surface area contributed by atoms with Crippen LogP contribution in [-0.2, 0) is 19.6 Å². The summed E-state index contributed by atoms with van der Waals surface area (Å²) in [5, 5.41) is 11.9. The predicted molar refractivity (Wildman–Crippen MR) is 88.7 cm³/mol. The van der Waals surface area contributed by atoms with Crippen LogP contribution in [0, 0.1) is 5.92 Å². The highest BCUT2D eigenvalue weighted by Crippen LogP contribution is 2.21. The zero-order valence-electron chi connectivity index (χ0n) is 13.5. The average Bonchev–Trinajstić information content (AvgIpc) is 2.60. The van der Waals surface area contributed by atoms with Gasteiger partial charge >= 0.3 is 5.97 Å². The number of hydrogen-bond donors (Lipinski definition) is 2. The van der Waals surface area contributed by atoms with Crippen LogP contribution < -0.4 is 5.32 Å². The summed E-state index contributed by atoms with van der Waals surface area (Å²) in [6.07, 6.45) is 1.13. The van der Waals surface area contributed by atoms with Gasteiger partial charge in [-0.1, -0.05) is 30.3 Å². The number of rotatable bonds is 6. The van der Waals surface area contributed by atoms with Crippen molar-refractivity contribution in [2.24, 2.45) is 5.92 Å². The third-order valence-electron chi connectivity index (χ3n) is 4.18. The summed E-state index contributed by atoms with van der Waals surface area (Å²) in [6, 6.07) is 7.29. The maximum atomic E-state index is 12.5. The summed E-state index contributed by atoms with van der Waals surface area (Å²) >= 11 is 0. The molecule has 0 radical (unpaired) electrons. The molecule has 24 heavy (non-hydrogen) atoms. The van der Waals surface area contributed by atoms with E-state index >= 15 is 0 Å². The second kappa shape index (κ2) is 7.76. The molecular formula is C16H22N2O5S. The lowest BCUT2D eigenvalue weighted by Crippen LogP contribution is -2.47. The summed E-state index contributed by atoms with van der Waals surface area (Å²) < 4.78 is 25.3. The first kappa shape index (κ1) is 18.4. The molecule has 8 heteroatoms. The Balaban J connectivity index is 2.09. The molecule has 2 atom stereocenters. The number of piperidine rings is 1. The lowest BCUT2D eigenvalue weighted by molar-refractivity contribution is -0.143. The van der Waals surface area contributed by atoms with Crippen LogP contribution in [0.1, 0.15) is 31.4 Å². The highest BCUT2D eigenvalue weighted by Gasteiger charge is 2.33. The second-order valence-electron chi connectivity index (χ2n) is 5.79. The van der Waals surface area contributed by atoms with Gasteiger partial charge in [-0.3, -0.25) is 4.79 Å². The third kappa shape index (κ3) is 4.33. The van der Waals surface area contributed by atoms with Gasteiger partial charge in [0.1, 0.15) is 0 Å². The number of carbonyl (C=O) groups excluding carboxylic acids is 1. The minimum atomic E-state index is -3.35. The van der Waals surface area contributed by atoms with Crippen molar-refractivity contribution in [2.45, 2.75) is 25.8 Å². The minimum absolute atomic E-state index is 0.0108. The Morgan fingerprint density at radius 2 is 2.00 bits per heavy atom. The van der Waals surface area contributed by atoms with Crippen molar-refractivity contribution in [3.63, 3.8) is 0 Å². The number of sulfonamides is 1. The van der Waals surface area contributed by atoms with Crippen molar-refractivity contribution in [1.29, 1.82) is 0 Å². The van der Waals surface area contributed by atoms with Gasteiger partial charge in [0.05, 0.1) is 11.7 Å². The average molecular weight is 354 g/mol. The van der Waals surface area contributed by atoms with Crippen molar-refractivity contribution >= 4 is 21.9 Å². The van der Waals surface area contributed by atoms with E-state index in [0.29, 0.717) is 24.9 Å². The number of benzene rings is 1. The summed E-state index contributed by atoms with van der Waals surface area (Å²) in [6.45, 7) is 2.07. The minimum Gasteiger partial charge on any atom is -0.479 e. The topological polar surface area (TPSA) is 104 Å². The van der Waals surface area contributed by atoms with Crippen LogP contribution in [0.2, 0.25) is 0 Å². The summed E-state index contributed by atoms with van der Waals surface area (Å²) in [7, 11) is -3.35. The zero-order chi connectivity index (χ0) is 17.7. The quantitative estimate of drug-likeness (QED) is 0.793. The molecule has 1 aliphatic heterocycles. The molecule has 0 aromatic heterocycles. The second-order valence-corrected chi connectivity index (χ2v) is 8.05. The Kier molecular flexibility index (Phi) is 5.95. The van der Waals surface area contributed by atoms with Gasteiger partial charge in [0.25, 0.3) is 0 Å². The van der Waals surface area contributed by atoms with E-state index < -0.39 is 33.9 Å². The third-order valence-corrected chi connectivity index (χ3v) is 6.03. The standard InChI is InChI=1S/C16H22N2O5S/c1-2-24(22,23)18-10-6-9-13(11-18)15(19)17-14(16(20)21)12-7-4-3-5-8-12/h3-5,7-8,13-14H,2,6,9-11H2,1H3,(H,17,19)(H,20,21)/t13?,14-/m1/s1. The van der Waals surface area contributed by atoms with Crippen LogP contribution in [-0.4, -0.2) is 48.5 Å². The van der Waals surface area contributed by atoms with Gasteiger partial charge in [0.15, 0.2) is 6.04 Å². The molecule has 0 aliphatic carbocycles. The molecule has 1 heterocycles. The molecule has 1 aromatic carbocycles. The fraction of sp³-hybridized carbons (Fsp3) is 0.500. The number of carboxylic acid groups (broad SMARTS) is 1. The van der Waals surface area contributed by atoms with Gasteiger partial charge < -0.3 is 10.4 Å². The normalized spacial score (nSPS) is 20.3. The lowest BCUT2D eigenvalue weighted by Gasteiger charge is -2.31. The first-order valence-electron chi connectivity index (χ1n) is 7.91. The largest absolute Gasteiger partial charge is 0.479 e. The SMILES string of the molecule is CCS(=O)(=O)N1CCCC(C(=O)N[C@@H](C(=O)O)c2ccccc2)C1. The van der Waals surface area contributed by atoms with E-state index in [4.69, 9.17) is 0 Å². The fourth-order valence-corrected chi connectivity index (χ4v) is 3.96. The van der Waals surface area contributed by atoms with Crippen molar-refractivity contribution < 1.29 is 23.1 Å². The molecule has 1 aliphatic rings. The van der Waals surface area contributed by atoms with Gasteiger partial charge in [-0.2, -0.15) is 0 Å². The molecule has 1 saturated heterocycles. The number of nitrogens with zero attached hydrogens (tertiary/aromatic N) is 1. The number of amides is 1. The summed E-state index contributed by atoms with van der Waals surface area (Å²) in [5.41, 5.74) is 0.479. The Morgan fingerprint density at radius 3 is 2.58 bits per heavy atom. The summed E-state index contributed by atoms with van der Waals surface area (Å²) in [5.74, 6) is -2.13.